The molecule has 2 rings (SSSR count). The van der Waals surface area contributed by atoms with Gasteiger partial charge in [-0.15, -0.1) is 0 Å². The Hall–Kier alpha value is -1.54. The molecule has 0 spiro atoms. The maximum Gasteiger partial charge on any atom is 0.263 e. The van der Waals surface area contributed by atoms with E-state index in [4.69, 9.17) is 10.00 Å². The first-order valence-electron chi connectivity index (χ1n) is 6.72. The molecule has 106 valence electrons. The van der Waals surface area contributed by atoms with Crippen LogP contribution >= 0.6 is 15.9 Å². The topological polar surface area (TPSA) is 53.3 Å². The van der Waals surface area contributed by atoms with Crippen LogP contribution in [0.4, 0.5) is 0 Å². The predicted octanol–water partition coefficient (Wildman–Crippen LogP) is 3.12. The Morgan fingerprint density at radius 3 is 2.85 bits per heavy atom. The van der Waals surface area contributed by atoms with Gasteiger partial charge >= 0.3 is 0 Å². The van der Waals surface area contributed by atoms with Gasteiger partial charge in [-0.05, 0) is 47.8 Å². The van der Waals surface area contributed by atoms with Crippen LogP contribution in [0.5, 0.6) is 5.75 Å². The lowest BCUT2D eigenvalue weighted by molar-refractivity contribution is -0.138. The summed E-state index contributed by atoms with van der Waals surface area (Å²) >= 11 is 3.40. The number of hydrogen-bond acceptors (Lipinski definition) is 3. The Morgan fingerprint density at radius 1 is 1.55 bits per heavy atom. The highest BCUT2D eigenvalue weighted by atomic mass is 79.9. The third-order valence-corrected chi connectivity index (χ3v) is 3.88. The molecule has 1 aromatic rings. The van der Waals surface area contributed by atoms with Crippen molar-refractivity contribution in [2.75, 3.05) is 6.54 Å². The molecule has 0 heterocycles. The van der Waals surface area contributed by atoms with Gasteiger partial charge in [-0.2, -0.15) is 5.26 Å². The average molecular weight is 337 g/mol. The van der Waals surface area contributed by atoms with Gasteiger partial charge in [0.25, 0.3) is 5.91 Å². The molecule has 1 fully saturated rings. The van der Waals surface area contributed by atoms with Gasteiger partial charge in [-0.3, -0.25) is 4.79 Å². The maximum atomic E-state index is 12.4. The van der Waals surface area contributed by atoms with Crippen LogP contribution in [0.2, 0.25) is 0 Å². The van der Waals surface area contributed by atoms with Crippen molar-refractivity contribution in [3.8, 4) is 11.8 Å². The lowest BCUT2D eigenvalue weighted by Crippen LogP contribution is -2.42. The summed E-state index contributed by atoms with van der Waals surface area (Å²) in [5.41, 5.74) is 0. The number of nitriles is 1. The van der Waals surface area contributed by atoms with Gasteiger partial charge in [0.15, 0.2) is 6.10 Å². The van der Waals surface area contributed by atoms with Crippen molar-refractivity contribution in [1.29, 1.82) is 5.26 Å². The highest BCUT2D eigenvalue weighted by molar-refractivity contribution is 9.10. The number of carbonyl (C=O) groups excluding carboxylic acids is 1. The normalized spacial score (nSPS) is 15.2. The molecule has 0 aliphatic heterocycles. The van der Waals surface area contributed by atoms with Crippen LogP contribution in [0, 0.1) is 11.3 Å². The maximum absolute atomic E-state index is 12.4. The Labute approximate surface area is 127 Å². The van der Waals surface area contributed by atoms with Crippen LogP contribution in [0.15, 0.2) is 28.7 Å². The van der Waals surface area contributed by atoms with Crippen LogP contribution in [0.25, 0.3) is 0 Å². The molecule has 1 atom stereocenters. The number of nitrogens with zero attached hydrogens (tertiary/aromatic N) is 2. The Morgan fingerprint density at radius 2 is 2.25 bits per heavy atom. The van der Waals surface area contributed by atoms with Crippen LogP contribution in [-0.2, 0) is 4.79 Å². The molecule has 0 bridgehead atoms. The fourth-order valence-electron chi connectivity index (χ4n) is 2.04. The van der Waals surface area contributed by atoms with Crippen LogP contribution in [-0.4, -0.2) is 29.5 Å². The lowest BCUT2D eigenvalue weighted by Gasteiger charge is -2.25. The minimum atomic E-state index is -0.548. The number of benzene rings is 1. The molecule has 5 heteroatoms. The highest BCUT2D eigenvalue weighted by Crippen LogP contribution is 2.29. The Bertz CT molecular complexity index is 523. The molecule has 0 saturated heterocycles. The summed E-state index contributed by atoms with van der Waals surface area (Å²) in [6.07, 6.45) is 1.87. The molecular weight excluding hydrogens is 320 g/mol. The molecule has 0 radical (unpaired) electrons. The second-order valence-electron chi connectivity index (χ2n) is 4.86. The van der Waals surface area contributed by atoms with Crippen molar-refractivity contribution in [2.24, 2.45) is 0 Å². The van der Waals surface area contributed by atoms with E-state index in [1.165, 1.54) is 0 Å². The van der Waals surface area contributed by atoms with Gasteiger partial charge in [-0.1, -0.05) is 12.1 Å². The van der Waals surface area contributed by atoms with Gasteiger partial charge in [0.05, 0.1) is 17.0 Å². The molecule has 0 N–H and O–H groups in total. The van der Waals surface area contributed by atoms with E-state index in [9.17, 15) is 4.79 Å². The third kappa shape index (κ3) is 3.73. The largest absolute Gasteiger partial charge is 0.480 e. The number of ether oxygens (including phenoxy) is 1. The van der Waals surface area contributed by atoms with E-state index >= 15 is 0 Å². The number of hydrogen-bond donors (Lipinski definition) is 0. The van der Waals surface area contributed by atoms with Crippen molar-refractivity contribution in [2.45, 2.75) is 38.3 Å². The van der Waals surface area contributed by atoms with Gasteiger partial charge in [0.1, 0.15) is 5.75 Å². The van der Waals surface area contributed by atoms with Crippen molar-refractivity contribution >= 4 is 21.8 Å². The highest BCUT2D eigenvalue weighted by Gasteiger charge is 2.34. The summed E-state index contributed by atoms with van der Waals surface area (Å²) in [5.74, 6) is 0.614. The quantitative estimate of drug-likeness (QED) is 0.801. The molecule has 20 heavy (non-hydrogen) atoms. The van der Waals surface area contributed by atoms with Crippen LogP contribution < -0.4 is 4.74 Å². The summed E-state index contributed by atoms with van der Waals surface area (Å²) in [4.78, 5) is 14.2. The number of amides is 1. The zero-order valence-electron chi connectivity index (χ0n) is 11.4. The minimum absolute atomic E-state index is 0.0431. The van der Waals surface area contributed by atoms with E-state index in [1.807, 2.05) is 24.3 Å². The van der Waals surface area contributed by atoms with E-state index in [2.05, 4.69) is 22.0 Å². The fourth-order valence-corrected chi connectivity index (χ4v) is 2.42. The molecule has 1 saturated carbocycles. The molecule has 0 aromatic heterocycles. The van der Waals surface area contributed by atoms with Crippen LogP contribution in [0.1, 0.15) is 26.2 Å². The third-order valence-electron chi connectivity index (χ3n) is 3.22. The molecule has 1 aliphatic rings. The van der Waals surface area contributed by atoms with E-state index < -0.39 is 6.10 Å². The zero-order valence-corrected chi connectivity index (χ0v) is 13.0. The summed E-state index contributed by atoms with van der Waals surface area (Å²) in [7, 11) is 0. The first-order valence-corrected chi connectivity index (χ1v) is 7.51. The first kappa shape index (κ1) is 14.9. The molecule has 1 aromatic carbocycles. The van der Waals surface area contributed by atoms with E-state index in [0.29, 0.717) is 24.8 Å². The molecule has 1 amide bonds. The SMILES string of the molecule is C[C@H](Oc1ccccc1Br)C(=O)N(CCC#N)C1CC1. The second kappa shape index (κ2) is 6.76. The van der Waals surface area contributed by atoms with Gasteiger partial charge in [0.2, 0.25) is 0 Å². The standard InChI is InChI=1S/C15H17BrN2O2/c1-11(20-14-6-3-2-5-13(14)16)15(19)18(10-4-9-17)12-7-8-12/h2-3,5-6,11-12H,4,7-8,10H2,1H3/t11-/m0/s1. The monoisotopic (exact) mass is 336 g/mol. The lowest BCUT2D eigenvalue weighted by atomic mass is 10.3. The van der Waals surface area contributed by atoms with Gasteiger partial charge < -0.3 is 9.64 Å². The summed E-state index contributed by atoms with van der Waals surface area (Å²) < 4.78 is 6.55. The van der Waals surface area contributed by atoms with Crippen molar-refractivity contribution in [1.82, 2.24) is 4.90 Å². The first-order chi connectivity index (χ1) is 9.63. The predicted molar refractivity (Wildman–Crippen MR) is 79.2 cm³/mol. The number of carbonyl (C=O) groups is 1. The number of rotatable bonds is 6. The number of halogens is 1. The fraction of sp³-hybridized carbons (Fsp3) is 0.467. The molecule has 4 nitrogen and oxygen atoms in total. The van der Waals surface area contributed by atoms with Crippen molar-refractivity contribution < 1.29 is 9.53 Å². The summed E-state index contributed by atoms with van der Waals surface area (Å²) in [6.45, 7) is 2.24. The number of para-hydroxylation sites is 1. The minimum Gasteiger partial charge on any atom is -0.480 e. The molecule has 1 aliphatic carbocycles. The van der Waals surface area contributed by atoms with Gasteiger partial charge in [0, 0.05) is 12.6 Å². The molecule has 0 unspecified atom stereocenters. The molecular formula is C15H17BrN2O2. The van der Waals surface area contributed by atoms with E-state index in [1.54, 1.807) is 11.8 Å². The Kier molecular flexibility index (Phi) is 5.02. The van der Waals surface area contributed by atoms with Crippen molar-refractivity contribution in [3.05, 3.63) is 28.7 Å². The van der Waals surface area contributed by atoms with Crippen LogP contribution in [0.3, 0.4) is 0 Å². The van der Waals surface area contributed by atoms with E-state index in [-0.39, 0.29) is 5.91 Å². The van der Waals surface area contributed by atoms with Crippen molar-refractivity contribution in [3.63, 3.8) is 0 Å². The summed E-state index contributed by atoms with van der Waals surface area (Å²) in [5, 5.41) is 8.68. The summed E-state index contributed by atoms with van der Waals surface area (Å²) in [6, 6.07) is 9.85. The average Bonchev–Trinajstić information content (AvgIpc) is 3.26. The van der Waals surface area contributed by atoms with E-state index in [0.717, 1.165) is 17.3 Å². The zero-order chi connectivity index (χ0) is 14.5. The Balaban J connectivity index is 2.00. The van der Waals surface area contributed by atoms with Gasteiger partial charge in [-0.25, -0.2) is 0 Å². The second-order valence-corrected chi connectivity index (χ2v) is 5.72. The smallest absolute Gasteiger partial charge is 0.263 e.